The first-order chi connectivity index (χ1) is 7.43. The van der Waals surface area contributed by atoms with Crippen molar-refractivity contribution in [2.45, 2.75) is 33.7 Å². The Morgan fingerprint density at radius 1 is 1.19 bits per heavy atom. The lowest BCUT2D eigenvalue weighted by molar-refractivity contribution is -0.118. The van der Waals surface area contributed by atoms with Gasteiger partial charge in [0.15, 0.2) is 5.78 Å². The van der Waals surface area contributed by atoms with Gasteiger partial charge < -0.3 is 5.32 Å². The van der Waals surface area contributed by atoms with Gasteiger partial charge in [0.25, 0.3) is 5.91 Å². The maximum absolute atomic E-state index is 11.9. The largest absolute Gasteiger partial charge is 0.343 e. The second kappa shape index (κ2) is 4.92. The lowest BCUT2D eigenvalue weighted by Gasteiger charge is -2.13. The minimum Gasteiger partial charge on any atom is -0.343 e. The van der Waals surface area contributed by atoms with Crippen LogP contribution in [0.2, 0.25) is 0 Å². The van der Waals surface area contributed by atoms with E-state index in [2.05, 4.69) is 5.32 Å². The molecule has 1 N–H and O–H groups in total. The Kier molecular flexibility index (Phi) is 3.82. The predicted molar refractivity (Wildman–Crippen MR) is 63.5 cm³/mol. The van der Waals surface area contributed by atoms with Gasteiger partial charge in [0, 0.05) is 5.56 Å². The molecule has 0 radical (unpaired) electrons. The monoisotopic (exact) mass is 219 g/mol. The van der Waals surface area contributed by atoms with Crippen molar-refractivity contribution >= 4 is 11.7 Å². The average Bonchev–Trinajstić information content (AvgIpc) is 2.16. The Bertz CT molecular complexity index is 404. The van der Waals surface area contributed by atoms with Crippen molar-refractivity contribution in [1.82, 2.24) is 5.32 Å². The highest BCUT2D eigenvalue weighted by molar-refractivity contribution is 5.99. The Morgan fingerprint density at radius 2 is 1.69 bits per heavy atom. The first kappa shape index (κ1) is 12.4. The molecule has 1 rings (SSSR count). The van der Waals surface area contributed by atoms with E-state index in [0.29, 0.717) is 5.56 Å². The number of Topliss-reactive ketones (excluding diaryl/α,β-unsaturated/α-hetero) is 1. The molecule has 0 fully saturated rings. The summed E-state index contributed by atoms with van der Waals surface area (Å²) in [5.74, 6) is -0.224. The third-order valence-electron chi connectivity index (χ3n) is 2.67. The van der Waals surface area contributed by atoms with Gasteiger partial charge in [-0.1, -0.05) is 18.2 Å². The Labute approximate surface area is 95.9 Å². The fourth-order valence-corrected chi connectivity index (χ4v) is 1.54. The van der Waals surface area contributed by atoms with Crippen LogP contribution < -0.4 is 5.32 Å². The van der Waals surface area contributed by atoms with Crippen LogP contribution in [0, 0.1) is 13.8 Å². The second-order valence-electron chi connectivity index (χ2n) is 4.07. The molecule has 0 aromatic heterocycles. The number of hydrogen-bond donors (Lipinski definition) is 1. The predicted octanol–water partition coefficient (Wildman–Crippen LogP) is 2.01. The molecule has 1 aromatic rings. The van der Waals surface area contributed by atoms with Gasteiger partial charge in [-0.15, -0.1) is 0 Å². The number of rotatable bonds is 3. The van der Waals surface area contributed by atoms with Crippen molar-refractivity contribution in [1.29, 1.82) is 0 Å². The zero-order valence-electron chi connectivity index (χ0n) is 10.1. The normalized spacial score (nSPS) is 12.0. The summed E-state index contributed by atoms with van der Waals surface area (Å²) in [6.45, 7) is 6.93. The van der Waals surface area contributed by atoms with Crippen molar-refractivity contribution in [3.8, 4) is 0 Å². The molecule has 16 heavy (non-hydrogen) atoms. The van der Waals surface area contributed by atoms with Gasteiger partial charge in [0.1, 0.15) is 0 Å². The smallest absolute Gasteiger partial charge is 0.252 e. The van der Waals surface area contributed by atoms with Gasteiger partial charge >= 0.3 is 0 Å². The van der Waals surface area contributed by atoms with Gasteiger partial charge in [0.2, 0.25) is 0 Å². The van der Waals surface area contributed by atoms with E-state index in [4.69, 9.17) is 0 Å². The van der Waals surface area contributed by atoms with Crippen LogP contribution in [-0.4, -0.2) is 17.7 Å². The van der Waals surface area contributed by atoms with E-state index in [0.717, 1.165) is 11.1 Å². The molecule has 0 aliphatic heterocycles. The number of carbonyl (C=O) groups is 2. The minimum absolute atomic E-state index is 0.0420. The van der Waals surface area contributed by atoms with Gasteiger partial charge in [0.05, 0.1) is 6.04 Å². The lowest BCUT2D eigenvalue weighted by atomic mass is 10.0. The quantitative estimate of drug-likeness (QED) is 0.845. The number of hydrogen-bond acceptors (Lipinski definition) is 2. The lowest BCUT2D eigenvalue weighted by Crippen LogP contribution is -2.37. The molecule has 0 saturated carbocycles. The third-order valence-corrected chi connectivity index (χ3v) is 2.67. The molecule has 0 bridgehead atoms. The highest BCUT2D eigenvalue weighted by atomic mass is 16.2. The summed E-state index contributed by atoms with van der Waals surface area (Å²) in [4.78, 5) is 23.0. The summed E-state index contributed by atoms with van der Waals surface area (Å²) in [5.41, 5.74) is 2.51. The average molecular weight is 219 g/mol. The molecule has 0 heterocycles. The standard InChI is InChI=1S/C13H17NO2/c1-8-6-5-7-9(2)12(8)13(16)14-10(3)11(4)15/h5-7,10H,1-4H3,(H,14,16). The second-order valence-corrected chi connectivity index (χ2v) is 4.07. The molecule has 86 valence electrons. The molecule has 1 amide bonds. The van der Waals surface area contributed by atoms with Gasteiger partial charge in [-0.25, -0.2) is 0 Å². The Hall–Kier alpha value is -1.64. The van der Waals surface area contributed by atoms with Crippen molar-refractivity contribution in [3.63, 3.8) is 0 Å². The summed E-state index contributed by atoms with van der Waals surface area (Å²) in [7, 11) is 0. The first-order valence-electron chi connectivity index (χ1n) is 5.31. The highest BCUT2D eigenvalue weighted by Crippen LogP contribution is 2.13. The first-order valence-corrected chi connectivity index (χ1v) is 5.31. The van der Waals surface area contributed by atoms with E-state index in [9.17, 15) is 9.59 Å². The summed E-state index contributed by atoms with van der Waals surface area (Å²) < 4.78 is 0. The van der Waals surface area contributed by atoms with Crippen molar-refractivity contribution in [3.05, 3.63) is 34.9 Å². The van der Waals surface area contributed by atoms with Crippen LogP contribution in [0.4, 0.5) is 0 Å². The number of nitrogens with one attached hydrogen (secondary N) is 1. The van der Waals surface area contributed by atoms with E-state index >= 15 is 0 Å². The number of carbonyl (C=O) groups excluding carboxylic acids is 2. The molecule has 0 aliphatic carbocycles. The molecule has 1 atom stereocenters. The maximum atomic E-state index is 11.9. The fourth-order valence-electron chi connectivity index (χ4n) is 1.54. The SMILES string of the molecule is CC(=O)C(C)NC(=O)c1c(C)cccc1C. The number of aryl methyl sites for hydroxylation is 2. The van der Waals surface area contributed by atoms with Crippen LogP contribution in [-0.2, 0) is 4.79 Å². The molecular weight excluding hydrogens is 202 g/mol. The van der Waals surface area contributed by atoms with Crippen molar-refractivity contribution < 1.29 is 9.59 Å². The maximum Gasteiger partial charge on any atom is 0.252 e. The van der Waals surface area contributed by atoms with Crippen LogP contribution in [0.15, 0.2) is 18.2 Å². The van der Waals surface area contributed by atoms with Gasteiger partial charge in [-0.05, 0) is 38.8 Å². The fraction of sp³-hybridized carbons (Fsp3) is 0.385. The van der Waals surface area contributed by atoms with Crippen LogP contribution >= 0.6 is 0 Å². The van der Waals surface area contributed by atoms with Crippen molar-refractivity contribution in [2.24, 2.45) is 0 Å². The summed E-state index contributed by atoms with van der Waals surface area (Å²) in [6.07, 6.45) is 0. The zero-order chi connectivity index (χ0) is 12.3. The molecule has 0 saturated heterocycles. The minimum atomic E-state index is -0.438. The van der Waals surface area contributed by atoms with Gasteiger partial charge in [-0.2, -0.15) is 0 Å². The molecule has 0 aliphatic rings. The van der Waals surface area contributed by atoms with Crippen LogP contribution in [0.5, 0.6) is 0 Å². The Balaban J connectivity index is 2.93. The van der Waals surface area contributed by atoms with Crippen LogP contribution in [0.25, 0.3) is 0 Å². The van der Waals surface area contributed by atoms with E-state index in [1.165, 1.54) is 6.92 Å². The highest BCUT2D eigenvalue weighted by Gasteiger charge is 2.16. The summed E-state index contributed by atoms with van der Waals surface area (Å²) in [5, 5.41) is 2.69. The van der Waals surface area contributed by atoms with E-state index in [1.807, 2.05) is 32.0 Å². The number of benzene rings is 1. The number of ketones is 1. The van der Waals surface area contributed by atoms with Crippen LogP contribution in [0.1, 0.15) is 35.3 Å². The van der Waals surface area contributed by atoms with Gasteiger partial charge in [-0.3, -0.25) is 9.59 Å². The van der Waals surface area contributed by atoms with Crippen LogP contribution in [0.3, 0.4) is 0 Å². The van der Waals surface area contributed by atoms with E-state index in [-0.39, 0.29) is 11.7 Å². The molecule has 1 unspecified atom stereocenters. The van der Waals surface area contributed by atoms with Crippen molar-refractivity contribution in [2.75, 3.05) is 0 Å². The molecule has 3 heteroatoms. The summed E-state index contributed by atoms with van der Waals surface area (Å²) >= 11 is 0. The molecule has 1 aromatic carbocycles. The zero-order valence-corrected chi connectivity index (χ0v) is 10.1. The molecule has 3 nitrogen and oxygen atoms in total. The van der Waals surface area contributed by atoms with E-state index < -0.39 is 6.04 Å². The summed E-state index contributed by atoms with van der Waals surface area (Å²) in [6, 6.07) is 5.25. The molecular formula is C13H17NO2. The number of amides is 1. The third kappa shape index (κ3) is 2.69. The molecule has 0 spiro atoms. The Morgan fingerprint density at radius 3 is 2.12 bits per heavy atom. The topological polar surface area (TPSA) is 46.2 Å². The van der Waals surface area contributed by atoms with E-state index in [1.54, 1.807) is 6.92 Å².